The Morgan fingerprint density at radius 1 is 1.23 bits per heavy atom. The van der Waals surface area contributed by atoms with Crippen molar-refractivity contribution in [3.8, 4) is 0 Å². The van der Waals surface area contributed by atoms with Gasteiger partial charge in [-0.15, -0.1) is 0 Å². The molecular formula is C17H22NO4-. The molecule has 1 heterocycles. The van der Waals surface area contributed by atoms with Gasteiger partial charge in [-0.05, 0) is 38.7 Å². The van der Waals surface area contributed by atoms with Crippen molar-refractivity contribution in [3.05, 3.63) is 35.9 Å². The van der Waals surface area contributed by atoms with E-state index in [1.807, 2.05) is 30.3 Å². The highest BCUT2D eigenvalue weighted by molar-refractivity contribution is 5.73. The Morgan fingerprint density at radius 3 is 2.41 bits per heavy atom. The van der Waals surface area contributed by atoms with Gasteiger partial charge in [-0.2, -0.15) is 0 Å². The fourth-order valence-corrected chi connectivity index (χ4v) is 2.78. The molecule has 1 aliphatic heterocycles. The van der Waals surface area contributed by atoms with Gasteiger partial charge < -0.3 is 19.5 Å². The topological polar surface area (TPSA) is 69.7 Å². The maximum atomic E-state index is 12.1. The summed E-state index contributed by atoms with van der Waals surface area (Å²) in [5.41, 5.74) is 0.380. The van der Waals surface area contributed by atoms with Crippen LogP contribution in [0.15, 0.2) is 30.3 Å². The fraction of sp³-hybridized carbons (Fsp3) is 0.529. The number of benzene rings is 1. The number of amides is 1. The summed E-state index contributed by atoms with van der Waals surface area (Å²) < 4.78 is 5.32. The molecule has 1 aromatic carbocycles. The summed E-state index contributed by atoms with van der Waals surface area (Å²) >= 11 is 0. The van der Waals surface area contributed by atoms with Gasteiger partial charge >= 0.3 is 6.09 Å². The minimum Gasteiger partial charge on any atom is -0.550 e. The number of piperidine rings is 1. The van der Waals surface area contributed by atoms with Crippen LogP contribution < -0.4 is 5.11 Å². The Labute approximate surface area is 130 Å². The zero-order valence-electron chi connectivity index (χ0n) is 13.2. The average Bonchev–Trinajstić information content (AvgIpc) is 2.45. The van der Waals surface area contributed by atoms with Crippen LogP contribution in [0.3, 0.4) is 0 Å². The maximum Gasteiger partial charge on any atom is 0.410 e. The van der Waals surface area contributed by atoms with Crippen LogP contribution in [0.5, 0.6) is 0 Å². The molecule has 0 unspecified atom stereocenters. The summed E-state index contributed by atoms with van der Waals surface area (Å²) in [6.45, 7) is 5.97. The van der Waals surface area contributed by atoms with E-state index in [-0.39, 0.29) is 12.5 Å². The lowest BCUT2D eigenvalue weighted by atomic mass is 9.80. The zero-order chi connectivity index (χ0) is 16.3. The third-order valence-electron chi connectivity index (χ3n) is 3.79. The van der Waals surface area contributed by atoms with E-state index in [1.165, 1.54) is 4.90 Å². The Kier molecular flexibility index (Phi) is 4.74. The van der Waals surface area contributed by atoms with Gasteiger partial charge in [0, 0.05) is 25.0 Å². The van der Waals surface area contributed by atoms with Crippen LogP contribution in [0.25, 0.3) is 0 Å². The van der Waals surface area contributed by atoms with Gasteiger partial charge in [0.15, 0.2) is 0 Å². The Morgan fingerprint density at radius 2 is 1.86 bits per heavy atom. The Hall–Kier alpha value is -2.04. The summed E-state index contributed by atoms with van der Waals surface area (Å²) in [5.74, 6) is -1.98. The van der Waals surface area contributed by atoms with Crippen LogP contribution in [0.2, 0.25) is 0 Å². The predicted molar refractivity (Wildman–Crippen MR) is 80.1 cm³/mol. The number of likely N-dealkylation sites (tertiary alicyclic amines) is 1. The van der Waals surface area contributed by atoms with Gasteiger partial charge in [-0.3, -0.25) is 0 Å². The third kappa shape index (κ3) is 4.00. The van der Waals surface area contributed by atoms with Gasteiger partial charge in [-0.25, -0.2) is 4.79 Å². The third-order valence-corrected chi connectivity index (χ3v) is 3.79. The van der Waals surface area contributed by atoms with Crippen LogP contribution in [0.4, 0.5) is 4.79 Å². The van der Waals surface area contributed by atoms with Gasteiger partial charge in [0.1, 0.15) is 5.60 Å². The predicted octanol–water partition coefficient (Wildman–Crippen LogP) is 1.78. The molecule has 0 aromatic heterocycles. The Bertz CT molecular complexity index is 535. The van der Waals surface area contributed by atoms with Gasteiger partial charge in [0.25, 0.3) is 0 Å². The maximum absolute atomic E-state index is 12.1. The summed E-state index contributed by atoms with van der Waals surface area (Å²) in [6.07, 6.45) is 0.118. The minimum absolute atomic E-state index is 0.122. The highest BCUT2D eigenvalue weighted by Gasteiger charge is 2.34. The second-order valence-electron chi connectivity index (χ2n) is 6.66. The van der Waals surface area contributed by atoms with Crippen molar-refractivity contribution < 1.29 is 19.4 Å². The lowest BCUT2D eigenvalue weighted by Crippen LogP contribution is -2.50. The Balaban J connectivity index is 2.12. The van der Waals surface area contributed by atoms with Crippen LogP contribution in [0.1, 0.15) is 38.7 Å². The summed E-state index contributed by atoms with van der Waals surface area (Å²) in [7, 11) is 0. The van der Waals surface area contributed by atoms with Gasteiger partial charge in [0.05, 0.1) is 0 Å². The van der Waals surface area contributed by atoms with Crippen molar-refractivity contribution in [2.24, 2.45) is 5.92 Å². The number of aliphatic carboxylic acids is 1. The highest BCUT2D eigenvalue weighted by Crippen LogP contribution is 2.33. The molecule has 1 amide bonds. The summed E-state index contributed by atoms with van der Waals surface area (Å²) in [4.78, 5) is 25.1. The van der Waals surface area contributed by atoms with Crippen LogP contribution >= 0.6 is 0 Å². The monoisotopic (exact) mass is 304 g/mol. The quantitative estimate of drug-likeness (QED) is 0.835. The molecule has 5 nitrogen and oxygen atoms in total. The molecule has 0 N–H and O–H groups in total. The molecule has 2 atom stereocenters. The van der Waals surface area contributed by atoms with Gasteiger partial charge in [0.2, 0.25) is 0 Å². The largest absolute Gasteiger partial charge is 0.550 e. The van der Waals surface area contributed by atoms with E-state index in [9.17, 15) is 14.7 Å². The van der Waals surface area contributed by atoms with Gasteiger partial charge in [-0.1, -0.05) is 30.3 Å². The van der Waals surface area contributed by atoms with Crippen LogP contribution in [-0.2, 0) is 9.53 Å². The lowest BCUT2D eigenvalue weighted by Gasteiger charge is -2.39. The molecule has 0 saturated carbocycles. The molecule has 120 valence electrons. The summed E-state index contributed by atoms with van der Waals surface area (Å²) in [5, 5.41) is 11.5. The minimum atomic E-state index is -1.12. The first-order valence-corrected chi connectivity index (χ1v) is 7.51. The second kappa shape index (κ2) is 6.38. The molecule has 1 aromatic rings. The van der Waals surface area contributed by atoms with Crippen molar-refractivity contribution in [2.45, 2.75) is 38.7 Å². The number of hydrogen-bond acceptors (Lipinski definition) is 4. The average molecular weight is 304 g/mol. The number of hydrogen-bond donors (Lipinski definition) is 0. The molecule has 2 rings (SSSR count). The number of carboxylic acids is 1. The molecule has 22 heavy (non-hydrogen) atoms. The molecule has 5 heteroatoms. The smallest absolute Gasteiger partial charge is 0.410 e. The fourth-order valence-electron chi connectivity index (χ4n) is 2.78. The zero-order valence-corrected chi connectivity index (χ0v) is 13.2. The van der Waals surface area contributed by atoms with E-state index < -0.39 is 23.6 Å². The van der Waals surface area contributed by atoms with E-state index in [2.05, 4.69) is 0 Å². The number of carbonyl (C=O) groups excluding carboxylic acids is 2. The van der Waals surface area contributed by atoms with Crippen molar-refractivity contribution in [1.82, 2.24) is 4.90 Å². The number of ether oxygens (including phenoxy) is 1. The molecule has 1 fully saturated rings. The summed E-state index contributed by atoms with van der Waals surface area (Å²) in [6, 6.07) is 9.52. The van der Waals surface area contributed by atoms with E-state index in [1.54, 1.807) is 20.8 Å². The van der Waals surface area contributed by atoms with E-state index in [0.717, 1.165) is 5.56 Å². The van der Waals surface area contributed by atoms with Crippen molar-refractivity contribution in [1.29, 1.82) is 0 Å². The van der Waals surface area contributed by atoms with Crippen LogP contribution in [0, 0.1) is 5.92 Å². The molecule has 0 aliphatic carbocycles. The SMILES string of the molecule is CC(C)(C)OC(=O)N1CC[C@H](c2ccccc2)[C@H](C(=O)[O-])C1. The first-order chi connectivity index (χ1) is 10.3. The van der Waals surface area contributed by atoms with Crippen molar-refractivity contribution >= 4 is 12.1 Å². The molecule has 1 saturated heterocycles. The molecule has 1 aliphatic rings. The number of carbonyl (C=O) groups is 2. The van der Waals surface area contributed by atoms with E-state index in [4.69, 9.17) is 4.74 Å². The van der Waals surface area contributed by atoms with Crippen LogP contribution in [-0.4, -0.2) is 35.7 Å². The second-order valence-corrected chi connectivity index (χ2v) is 6.66. The normalized spacial score (nSPS) is 22.2. The first kappa shape index (κ1) is 16.3. The molecule has 0 bridgehead atoms. The van der Waals surface area contributed by atoms with Crippen molar-refractivity contribution in [3.63, 3.8) is 0 Å². The van der Waals surface area contributed by atoms with Crippen molar-refractivity contribution in [2.75, 3.05) is 13.1 Å². The number of nitrogens with zero attached hydrogens (tertiary/aromatic N) is 1. The molecular weight excluding hydrogens is 282 g/mol. The van der Waals surface area contributed by atoms with E-state index in [0.29, 0.717) is 13.0 Å². The first-order valence-electron chi connectivity index (χ1n) is 7.51. The standard InChI is InChI=1S/C17H23NO4/c1-17(2,3)22-16(21)18-10-9-13(14(11-18)15(19)20)12-7-5-4-6-8-12/h4-8,13-14H,9-11H2,1-3H3,(H,19,20)/p-1/t13-,14-/m1/s1. The number of carboxylic acid groups (broad SMARTS) is 1. The molecule has 0 radical (unpaired) electrons. The lowest BCUT2D eigenvalue weighted by molar-refractivity contribution is -0.313. The number of rotatable bonds is 2. The molecule has 0 spiro atoms. The van der Waals surface area contributed by atoms with E-state index >= 15 is 0 Å². The highest BCUT2D eigenvalue weighted by atomic mass is 16.6.